The molecule has 0 bridgehead atoms. The number of hydrogen-bond acceptors (Lipinski definition) is 2. The molecule has 0 atom stereocenters. The number of hydrogen-bond donors (Lipinski definition) is 0. The maximum absolute atomic E-state index is 7.13. The summed E-state index contributed by atoms with van der Waals surface area (Å²) >= 11 is 0. The zero-order valence-electron chi connectivity index (χ0n) is 31.9. The molecule has 1 aromatic heterocycles. The number of anilines is 3. The fourth-order valence-corrected chi connectivity index (χ4v) is 9.39. The SMILES string of the molecule is CC1(C)c2ccccc2-c2c(N(c3ccc(-c4ccccc4)cc3)c3cccc4oc5c(-c6ccccc6-c6ccccc6)cc6ccccc6c5c34)cccc21. The summed E-state index contributed by atoms with van der Waals surface area (Å²) in [6, 6.07) is 72.4. The minimum absolute atomic E-state index is 0.142. The molecule has 0 saturated carbocycles. The average Bonchev–Trinajstić information content (AvgIpc) is 3.78. The molecule has 9 aromatic carbocycles. The second-order valence-electron chi connectivity index (χ2n) is 15.6. The van der Waals surface area contributed by atoms with E-state index in [1.165, 1.54) is 55.3 Å². The molecule has 1 aliphatic rings. The van der Waals surface area contributed by atoms with E-state index in [9.17, 15) is 0 Å². The van der Waals surface area contributed by atoms with Gasteiger partial charge in [-0.2, -0.15) is 0 Å². The Labute approximate surface area is 332 Å². The summed E-state index contributed by atoms with van der Waals surface area (Å²) in [6.45, 7) is 4.71. The van der Waals surface area contributed by atoms with Crippen molar-refractivity contribution in [2.45, 2.75) is 19.3 Å². The molecule has 0 N–H and O–H groups in total. The Bertz CT molecular complexity index is 3140. The van der Waals surface area contributed by atoms with Gasteiger partial charge in [0.15, 0.2) is 0 Å². The third-order valence-electron chi connectivity index (χ3n) is 12.1. The van der Waals surface area contributed by atoms with Crippen LogP contribution in [-0.2, 0) is 5.41 Å². The van der Waals surface area contributed by atoms with Crippen LogP contribution < -0.4 is 4.90 Å². The standard InChI is InChI=1S/C55H39NO/c1-55(2)46-26-14-13-25-44(46)51-47(55)27-15-28-48(51)56(40-33-31-37(32-34-40)36-17-5-3-6-18-36)49-29-16-30-50-53(49)52-42-23-10-9-21-39(42)35-45(54(52)57-50)43-24-12-11-22-41(43)38-19-7-4-8-20-38/h3-35H,1-2H3. The van der Waals surface area contributed by atoms with Crippen molar-refractivity contribution < 1.29 is 4.42 Å². The van der Waals surface area contributed by atoms with Crippen molar-refractivity contribution >= 4 is 49.8 Å². The average molecular weight is 730 g/mol. The third kappa shape index (κ3) is 5.18. The van der Waals surface area contributed by atoms with Crippen molar-refractivity contribution in [3.8, 4) is 44.5 Å². The van der Waals surface area contributed by atoms with Crippen LogP contribution in [0, 0.1) is 0 Å². The molecule has 0 spiro atoms. The van der Waals surface area contributed by atoms with E-state index >= 15 is 0 Å². The van der Waals surface area contributed by atoms with Crippen molar-refractivity contribution in [2.75, 3.05) is 4.90 Å². The van der Waals surface area contributed by atoms with Gasteiger partial charge in [0.1, 0.15) is 11.2 Å². The summed E-state index contributed by atoms with van der Waals surface area (Å²) in [6.07, 6.45) is 0. The van der Waals surface area contributed by atoms with Gasteiger partial charge in [-0.25, -0.2) is 0 Å². The number of nitrogens with zero attached hydrogens (tertiary/aromatic N) is 1. The molecule has 0 aliphatic heterocycles. The van der Waals surface area contributed by atoms with Crippen LogP contribution in [0.25, 0.3) is 77.2 Å². The third-order valence-corrected chi connectivity index (χ3v) is 12.1. The molecular weight excluding hydrogens is 691 g/mol. The molecule has 0 unspecified atom stereocenters. The Morgan fingerprint density at radius 1 is 0.421 bits per heavy atom. The monoisotopic (exact) mass is 729 g/mol. The molecule has 1 aliphatic carbocycles. The van der Waals surface area contributed by atoms with Gasteiger partial charge in [-0.1, -0.05) is 178 Å². The van der Waals surface area contributed by atoms with Gasteiger partial charge in [-0.15, -0.1) is 0 Å². The van der Waals surface area contributed by atoms with Crippen molar-refractivity contribution in [1.29, 1.82) is 0 Å². The fourth-order valence-electron chi connectivity index (χ4n) is 9.39. The van der Waals surface area contributed by atoms with Crippen molar-refractivity contribution in [1.82, 2.24) is 0 Å². The molecule has 0 fully saturated rings. The van der Waals surface area contributed by atoms with Crippen molar-refractivity contribution in [3.05, 3.63) is 211 Å². The summed E-state index contributed by atoms with van der Waals surface area (Å²) in [5, 5.41) is 4.56. The predicted molar refractivity (Wildman–Crippen MR) is 240 cm³/mol. The molecule has 10 aromatic rings. The molecule has 270 valence electrons. The van der Waals surface area contributed by atoms with Gasteiger partial charge in [-0.3, -0.25) is 0 Å². The van der Waals surface area contributed by atoms with Gasteiger partial charge in [-0.05, 0) is 91.7 Å². The lowest BCUT2D eigenvalue weighted by molar-refractivity contribution is 0.660. The smallest absolute Gasteiger partial charge is 0.143 e. The van der Waals surface area contributed by atoms with Crippen molar-refractivity contribution in [3.63, 3.8) is 0 Å². The summed E-state index contributed by atoms with van der Waals surface area (Å²) in [4.78, 5) is 2.47. The molecular formula is C55H39NO. The predicted octanol–water partition coefficient (Wildman–Crippen LogP) is 15.5. The molecule has 2 nitrogen and oxygen atoms in total. The maximum atomic E-state index is 7.13. The van der Waals surface area contributed by atoms with Gasteiger partial charge in [0.05, 0.1) is 16.8 Å². The van der Waals surface area contributed by atoms with Gasteiger partial charge >= 0.3 is 0 Å². The number of rotatable bonds is 6. The molecule has 1 heterocycles. The topological polar surface area (TPSA) is 16.4 Å². The molecule has 0 saturated heterocycles. The number of benzene rings is 9. The lowest BCUT2D eigenvalue weighted by atomic mass is 9.82. The Morgan fingerprint density at radius 2 is 1.02 bits per heavy atom. The van der Waals surface area contributed by atoms with E-state index in [0.717, 1.165) is 50.1 Å². The first-order valence-corrected chi connectivity index (χ1v) is 19.8. The fraction of sp³-hybridized carbons (Fsp3) is 0.0545. The van der Waals surface area contributed by atoms with Crippen LogP contribution in [-0.4, -0.2) is 0 Å². The summed E-state index contributed by atoms with van der Waals surface area (Å²) in [5.41, 5.74) is 17.1. The highest BCUT2D eigenvalue weighted by atomic mass is 16.3. The van der Waals surface area contributed by atoms with Crippen LogP contribution in [0.15, 0.2) is 205 Å². The van der Waals surface area contributed by atoms with E-state index in [1.807, 2.05) is 0 Å². The second kappa shape index (κ2) is 13.0. The first-order chi connectivity index (χ1) is 28.1. The van der Waals surface area contributed by atoms with E-state index in [-0.39, 0.29) is 5.41 Å². The second-order valence-corrected chi connectivity index (χ2v) is 15.6. The van der Waals surface area contributed by atoms with Crippen LogP contribution in [0.2, 0.25) is 0 Å². The molecule has 2 heteroatoms. The molecule has 11 rings (SSSR count). The van der Waals surface area contributed by atoms with Gasteiger partial charge in [0.25, 0.3) is 0 Å². The maximum Gasteiger partial charge on any atom is 0.143 e. The zero-order valence-corrected chi connectivity index (χ0v) is 31.9. The van der Waals surface area contributed by atoms with Gasteiger partial charge in [0, 0.05) is 27.6 Å². The zero-order chi connectivity index (χ0) is 38.1. The van der Waals surface area contributed by atoms with Crippen LogP contribution in [0.1, 0.15) is 25.0 Å². The Morgan fingerprint density at radius 3 is 1.81 bits per heavy atom. The largest absolute Gasteiger partial charge is 0.455 e. The van der Waals surface area contributed by atoms with E-state index in [1.54, 1.807) is 0 Å². The first-order valence-electron chi connectivity index (χ1n) is 19.8. The lowest BCUT2D eigenvalue weighted by Gasteiger charge is -2.29. The van der Waals surface area contributed by atoms with Crippen molar-refractivity contribution in [2.24, 2.45) is 0 Å². The van der Waals surface area contributed by atoms with Crippen LogP contribution >= 0.6 is 0 Å². The van der Waals surface area contributed by atoms with E-state index < -0.39 is 0 Å². The highest BCUT2D eigenvalue weighted by Gasteiger charge is 2.38. The van der Waals surface area contributed by atoms with E-state index in [0.29, 0.717) is 0 Å². The highest BCUT2D eigenvalue weighted by molar-refractivity contribution is 6.26. The number of furan rings is 1. The minimum Gasteiger partial charge on any atom is -0.455 e. The Hall–Kier alpha value is -7.16. The minimum atomic E-state index is -0.142. The Kier molecular flexibility index (Phi) is 7.55. The molecule has 0 radical (unpaired) electrons. The van der Waals surface area contributed by atoms with Gasteiger partial charge in [0.2, 0.25) is 0 Å². The lowest BCUT2D eigenvalue weighted by Crippen LogP contribution is -2.16. The normalized spacial score (nSPS) is 12.9. The van der Waals surface area contributed by atoms with Gasteiger partial charge < -0.3 is 9.32 Å². The first kappa shape index (κ1) is 33.2. The summed E-state index contributed by atoms with van der Waals surface area (Å²) in [7, 11) is 0. The quantitative estimate of drug-likeness (QED) is 0.169. The van der Waals surface area contributed by atoms with E-state index in [4.69, 9.17) is 4.42 Å². The molecule has 57 heavy (non-hydrogen) atoms. The van der Waals surface area contributed by atoms with Crippen LogP contribution in [0.4, 0.5) is 17.1 Å². The van der Waals surface area contributed by atoms with E-state index in [2.05, 4.69) is 219 Å². The summed E-state index contributed by atoms with van der Waals surface area (Å²) < 4.78 is 7.13. The Balaban J connectivity index is 1.23. The molecule has 0 amide bonds. The van der Waals surface area contributed by atoms with Crippen LogP contribution in [0.3, 0.4) is 0 Å². The van der Waals surface area contributed by atoms with Crippen LogP contribution in [0.5, 0.6) is 0 Å². The highest BCUT2D eigenvalue weighted by Crippen LogP contribution is 2.56. The summed E-state index contributed by atoms with van der Waals surface area (Å²) in [5.74, 6) is 0. The number of fused-ring (bicyclic) bond motifs is 8.